The number of hydrogen-bond donors (Lipinski definition) is 0. The normalized spacial score (nSPS) is 9.88. The molecule has 86 valence electrons. The van der Waals surface area contributed by atoms with Crippen molar-refractivity contribution in [1.82, 2.24) is 4.90 Å². The second-order valence-corrected chi connectivity index (χ2v) is 3.52. The van der Waals surface area contributed by atoms with Gasteiger partial charge in [0.1, 0.15) is 5.82 Å². The third kappa shape index (κ3) is 2.92. The summed E-state index contributed by atoms with van der Waals surface area (Å²) in [5, 5.41) is 0. The van der Waals surface area contributed by atoms with Crippen LogP contribution in [0.4, 0.5) is 4.39 Å². The van der Waals surface area contributed by atoms with Crippen molar-refractivity contribution in [3.63, 3.8) is 0 Å². The highest BCUT2D eigenvalue weighted by atomic mass is 19.1. The van der Waals surface area contributed by atoms with Gasteiger partial charge < -0.3 is 4.90 Å². The lowest BCUT2D eigenvalue weighted by Gasteiger charge is -2.20. The molecule has 0 aliphatic rings. The third-order valence-electron chi connectivity index (χ3n) is 2.23. The molecule has 0 fully saturated rings. The van der Waals surface area contributed by atoms with Gasteiger partial charge in [0.2, 0.25) is 0 Å². The second kappa shape index (κ2) is 6.05. The molecule has 0 spiro atoms. The molecule has 0 heterocycles. The number of rotatable bonds is 5. The van der Waals surface area contributed by atoms with Gasteiger partial charge in [0.25, 0.3) is 5.91 Å². The summed E-state index contributed by atoms with van der Waals surface area (Å²) in [6, 6.07) is 6.03. The molecule has 1 amide bonds. The zero-order valence-electron chi connectivity index (χ0n) is 9.45. The summed E-state index contributed by atoms with van der Waals surface area (Å²) in [6.45, 7) is 6.63. The van der Waals surface area contributed by atoms with Gasteiger partial charge in [0.05, 0.1) is 5.56 Å². The maximum absolute atomic E-state index is 13.4. The van der Waals surface area contributed by atoms with E-state index in [-0.39, 0.29) is 11.5 Å². The molecule has 2 nitrogen and oxygen atoms in total. The van der Waals surface area contributed by atoms with Crippen molar-refractivity contribution in [3.8, 4) is 0 Å². The van der Waals surface area contributed by atoms with Crippen LogP contribution in [0.15, 0.2) is 36.9 Å². The van der Waals surface area contributed by atoms with Crippen LogP contribution < -0.4 is 0 Å². The Hall–Kier alpha value is -1.64. The molecule has 0 atom stereocenters. The molecular weight excluding hydrogens is 205 g/mol. The number of carbonyl (C=O) groups is 1. The highest BCUT2D eigenvalue weighted by Crippen LogP contribution is 2.10. The molecule has 1 aromatic carbocycles. The lowest BCUT2D eigenvalue weighted by atomic mass is 10.2. The fraction of sp³-hybridized carbons (Fsp3) is 0.308. The van der Waals surface area contributed by atoms with Crippen LogP contribution in [0.5, 0.6) is 0 Å². The Bertz CT molecular complexity index is 376. The van der Waals surface area contributed by atoms with E-state index in [1.807, 2.05) is 6.92 Å². The highest BCUT2D eigenvalue weighted by Gasteiger charge is 2.16. The number of halogens is 1. The lowest BCUT2D eigenvalue weighted by molar-refractivity contribution is 0.0769. The molecule has 0 radical (unpaired) electrons. The van der Waals surface area contributed by atoms with E-state index in [0.29, 0.717) is 13.1 Å². The first kappa shape index (κ1) is 12.4. The van der Waals surface area contributed by atoms with Crippen molar-refractivity contribution >= 4 is 5.91 Å². The lowest BCUT2D eigenvalue weighted by Crippen LogP contribution is -2.32. The van der Waals surface area contributed by atoms with E-state index >= 15 is 0 Å². The minimum Gasteiger partial charge on any atom is -0.335 e. The van der Waals surface area contributed by atoms with Gasteiger partial charge in [-0.25, -0.2) is 4.39 Å². The zero-order chi connectivity index (χ0) is 12.0. The standard InChI is InChI=1S/C13H16FNO/c1-3-9-15(10-4-2)13(16)11-7-5-6-8-12(11)14/h3,5-8H,1,4,9-10H2,2H3. The van der Waals surface area contributed by atoms with Crippen molar-refractivity contribution in [1.29, 1.82) is 0 Å². The Labute approximate surface area is 95.4 Å². The molecule has 0 bridgehead atoms. The first-order valence-corrected chi connectivity index (χ1v) is 5.35. The van der Waals surface area contributed by atoms with Gasteiger partial charge in [0.15, 0.2) is 0 Å². The van der Waals surface area contributed by atoms with Gasteiger partial charge in [0, 0.05) is 13.1 Å². The van der Waals surface area contributed by atoms with Crippen molar-refractivity contribution in [3.05, 3.63) is 48.3 Å². The van der Waals surface area contributed by atoms with Crippen molar-refractivity contribution in [2.75, 3.05) is 13.1 Å². The van der Waals surface area contributed by atoms with Crippen molar-refractivity contribution < 1.29 is 9.18 Å². The zero-order valence-corrected chi connectivity index (χ0v) is 9.45. The Morgan fingerprint density at radius 2 is 2.19 bits per heavy atom. The number of carbonyl (C=O) groups excluding carboxylic acids is 1. The van der Waals surface area contributed by atoms with Crippen molar-refractivity contribution in [2.45, 2.75) is 13.3 Å². The molecule has 0 aliphatic carbocycles. The average molecular weight is 221 g/mol. The van der Waals surface area contributed by atoms with E-state index in [0.717, 1.165) is 6.42 Å². The summed E-state index contributed by atoms with van der Waals surface area (Å²) in [5.41, 5.74) is 0.123. The van der Waals surface area contributed by atoms with Gasteiger partial charge in [-0.2, -0.15) is 0 Å². The first-order valence-electron chi connectivity index (χ1n) is 5.35. The van der Waals surface area contributed by atoms with Crippen LogP contribution in [0.2, 0.25) is 0 Å². The number of benzene rings is 1. The Morgan fingerprint density at radius 3 is 2.75 bits per heavy atom. The minimum absolute atomic E-state index is 0.123. The summed E-state index contributed by atoms with van der Waals surface area (Å²) in [4.78, 5) is 13.6. The van der Waals surface area contributed by atoms with Gasteiger partial charge >= 0.3 is 0 Å². The quantitative estimate of drug-likeness (QED) is 0.700. The van der Waals surface area contributed by atoms with E-state index in [9.17, 15) is 9.18 Å². The molecule has 3 heteroatoms. The second-order valence-electron chi connectivity index (χ2n) is 3.52. The molecule has 0 saturated carbocycles. The van der Waals surface area contributed by atoms with Crippen LogP contribution in [-0.2, 0) is 0 Å². The Morgan fingerprint density at radius 1 is 1.50 bits per heavy atom. The van der Waals surface area contributed by atoms with Crippen LogP contribution in [0.3, 0.4) is 0 Å². The molecule has 1 rings (SSSR count). The van der Waals surface area contributed by atoms with E-state index in [4.69, 9.17) is 0 Å². The third-order valence-corrected chi connectivity index (χ3v) is 2.23. The summed E-state index contributed by atoms with van der Waals surface area (Å²) >= 11 is 0. The molecule has 0 N–H and O–H groups in total. The Kier molecular flexibility index (Phi) is 4.70. The van der Waals surface area contributed by atoms with Gasteiger partial charge in [-0.3, -0.25) is 4.79 Å². The first-order chi connectivity index (χ1) is 7.70. The average Bonchev–Trinajstić information content (AvgIpc) is 2.28. The monoisotopic (exact) mass is 221 g/mol. The smallest absolute Gasteiger partial charge is 0.257 e. The predicted octanol–water partition coefficient (Wildman–Crippen LogP) is 2.86. The molecular formula is C13H16FNO. The van der Waals surface area contributed by atoms with Crippen LogP contribution in [0.1, 0.15) is 23.7 Å². The van der Waals surface area contributed by atoms with E-state index < -0.39 is 5.82 Å². The van der Waals surface area contributed by atoms with E-state index in [2.05, 4.69) is 6.58 Å². The summed E-state index contributed by atoms with van der Waals surface area (Å²) in [5.74, 6) is -0.752. The fourth-order valence-corrected chi connectivity index (χ4v) is 1.51. The van der Waals surface area contributed by atoms with E-state index in [1.165, 1.54) is 12.1 Å². The minimum atomic E-state index is -0.474. The topological polar surface area (TPSA) is 20.3 Å². The van der Waals surface area contributed by atoms with Crippen LogP contribution in [0.25, 0.3) is 0 Å². The van der Waals surface area contributed by atoms with Crippen LogP contribution in [0, 0.1) is 5.82 Å². The maximum Gasteiger partial charge on any atom is 0.257 e. The molecule has 0 aliphatic heterocycles. The van der Waals surface area contributed by atoms with E-state index in [1.54, 1.807) is 23.1 Å². The number of hydrogen-bond acceptors (Lipinski definition) is 1. The molecule has 0 aromatic heterocycles. The summed E-state index contributed by atoms with van der Waals surface area (Å²) in [6.07, 6.45) is 2.49. The van der Waals surface area contributed by atoms with Crippen LogP contribution in [-0.4, -0.2) is 23.9 Å². The van der Waals surface area contributed by atoms with Crippen LogP contribution >= 0.6 is 0 Å². The van der Waals surface area contributed by atoms with Crippen molar-refractivity contribution in [2.24, 2.45) is 0 Å². The maximum atomic E-state index is 13.4. The predicted molar refractivity (Wildman–Crippen MR) is 62.8 cm³/mol. The van der Waals surface area contributed by atoms with Gasteiger partial charge in [-0.1, -0.05) is 25.1 Å². The molecule has 1 aromatic rings. The summed E-state index contributed by atoms with van der Waals surface area (Å²) < 4.78 is 13.4. The van der Waals surface area contributed by atoms with Gasteiger partial charge in [-0.05, 0) is 18.6 Å². The number of nitrogens with zero attached hydrogens (tertiary/aromatic N) is 1. The fourth-order valence-electron chi connectivity index (χ4n) is 1.51. The molecule has 0 unspecified atom stereocenters. The summed E-state index contributed by atoms with van der Waals surface area (Å²) in [7, 11) is 0. The number of amides is 1. The van der Waals surface area contributed by atoms with Gasteiger partial charge in [-0.15, -0.1) is 6.58 Å². The molecule has 16 heavy (non-hydrogen) atoms. The largest absolute Gasteiger partial charge is 0.335 e. The molecule has 0 saturated heterocycles. The Balaban J connectivity index is 2.89. The highest BCUT2D eigenvalue weighted by molar-refractivity contribution is 5.94. The SMILES string of the molecule is C=CCN(CCC)C(=O)c1ccccc1F.